The molecule has 0 saturated heterocycles. The number of rotatable bonds is 9. The van der Waals surface area contributed by atoms with Gasteiger partial charge in [-0.3, -0.25) is 14.3 Å². The molecule has 1 atom stereocenters. The number of esters is 2. The first-order valence-corrected chi connectivity index (χ1v) is 11.3. The van der Waals surface area contributed by atoms with E-state index in [-0.39, 0.29) is 10.7 Å². The summed E-state index contributed by atoms with van der Waals surface area (Å²) in [5, 5.41) is 3.12. The van der Waals surface area contributed by atoms with E-state index in [1.165, 1.54) is 50.7 Å². The molecule has 172 valence electrons. The summed E-state index contributed by atoms with van der Waals surface area (Å²) in [5.41, 5.74) is 1.13. The van der Waals surface area contributed by atoms with Gasteiger partial charge in [0.2, 0.25) is 0 Å². The number of nitrogens with zero attached hydrogens (tertiary/aromatic N) is 1. The maximum atomic E-state index is 12.6. The highest BCUT2D eigenvalue weighted by Crippen LogP contribution is 2.29. The second kappa shape index (κ2) is 10.6. The molecule has 0 amide bonds. The molecule has 2 aromatic carbocycles. The van der Waals surface area contributed by atoms with E-state index in [1.54, 1.807) is 42.5 Å². The molecule has 0 aliphatic rings. The molecule has 0 aliphatic carbocycles. The minimum Gasteiger partial charge on any atom is -0.468 e. The van der Waals surface area contributed by atoms with E-state index in [9.17, 15) is 18.0 Å². The summed E-state index contributed by atoms with van der Waals surface area (Å²) in [6.07, 6.45) is 1.48. The number of methoxy groups -OCH3 is 2. The van der Waals surface area contributed by atoms with Crippen LogP contribution in [0.3, 0.4) is 0 Å². The maximum absolute atomic E-state index is 12.6. The molecule has 3 aromatic rings. The zero-order chi connectivity index (χ0) is 23.8. The van der Waals surface area contributed by atoms with Crippen molar-refractivity contribution in [2.75, 3.05) is 24.3 Å². The number of hydrogen-bond donors (Lipinski definition) is 2. The van der Waals surface area contributed by atoms with Gasteiger partial charge < -0.3 is 14.8 Å². The molecule has 9 nitrogen and oxygen atoms in total. The van der Waals surface area contributed by atoms with Crippen molar-refractivity contribution < 1.29 is 27.5 Å². The maximum Gasteiger partial charge on any atom is 0.322 e. The molecule has 0 radical (unpaired) electrons. The highest BCUT2D eigenvalue weighted by molar-refractivity contribution is 7.92. The van der Waals surface area contributed by atoms with E-state index in [0.29, 0.717) is 11.3 Å². The predicted octanol–water partition coefficient (Wildman–Crippen LogP) is 3.00. The first-order chi connectivity index (χ1) is 15.9. The number of carbonyl (C=O) groups excluding carboxylic acids is 2. The number of hydrogen-bond acceptors (Lipinski definition) is 8. The molecule has 0 spiro atoms. The van der Waals surface area contributed by atoms with Gasteiger partial charge in [-0.25, -0.2) is 13.4 Å². The standard InChI is InChI=1S/C23H23N3O6S/c1-31-22(27)20(23(28)32-2)21(16-8-4-3-5-9-16)25-17-11-13-18(14-12-17)33(29,30)26-19-10-6-7-15-24-19/h3-15,20-21,25H,1-2H3,(H,24,26)/t21-/m1/s1. The molecular weight excluding hydrogens is 446 g/mol. The van der Waals surface area contributed by atoms with E-state index in [2.05, 4.69) is 15.0 Å². The summed E-state index contributed by atoms with van der Waals surface area (Å²) in [6, 6.07) is 18.8. The van der Waals surface area contributed by atoms with Crippen LogP contribution in [0.1, 0.15) is 11.6 Å². The zero-order valence-corrected chi connectivity index (χ0v) is 18.8. The molecule has 33 heavy (non-hydrogen) atoms. The third kappa shape index (κ3) is 5.86. The third-order valence-corrected chi connectivity index (χ3v) is 6.16. The smallest absolute Gasteiger partial charge is 0.322 e. The van der Waals surface area contributed by atoms with E-state index in [4.69, 9.17) is 9.47 Å². The molecule has 1 heterocycles. The minimum absolute atomic E-state index is 0.0208. The molecule has 0 bridgehead atoms. The second-order valence-electron chi connectivity index (χ2n) is 6.90. The van der Waals surface area contributed by atoms with Crippen molar-refractivity contribution in [3.63, 3.8) is 0 Å². The van der Waals surface area contributed by atoms with Gasteiger partial charge in [0, 0.05) is 11.9 Å². The SMILES string of the molecule is COC(=O)C(C(=O)OC)[C@H](Nc1ccc(S(=O)(=O)Nc2ccccn2)cc1)c1ccccc1. The van der Waals surface area contributed by atoms with Crippen molar-refractivity contribution in [2.45, 2.75) is 10.9 Å². The molecule has 0 aliphatic heterocycles. The van der Waals surface area contributed by atoms with Crippen LogP contribution in [0.4, 0.5) is 11.5 Å². The summed E-state index contributed by atoms with van der Waals surface area (Å²) in [7, 11) is -1.47. The van der Waals surface area contributed by atoms with Crippen LogP contribution in [0.15, 0.2) is 83.9 Å². The van der Waals surface area contributed by atoms with Crippen molar-refractivity contribution in [1.82, 2.24) is 4.98 Å². The monoisotopic (exact) mass is 469 g/mol. The Morgan fingerprint density at radius 3 is 2.00 bits per heavy atom. The number of ether oxygens (including phenoxy) is 2. The summed E-state index contributed by atoms with van der Waals surface area (Å²) < 4.78 is 37.3. The largest absolute Gasteiger partial charge is 0.468 e. The molecule has 10 heteroatoms. The van der Waals surface area contributed by atoms with Crippen LogP contribution in [-0.4, -0.2) is 39.6 Å². The van der Waals surface area contributed by atoms with E-state index in [1.807, 2.05) is 0 Å². The van der Waals surface area contributed by atoms with Gasteiger partial charge in [-0.2, -0.15) is 0 Å². The average molecular weight is 470 g/mol. The summed E-state index contributed by atoms with van der Waals surface area (Å²) >= 11 is 0. The quantitative estimate of drug-likeness (QED) is 0.362. The number of aromatic nitrogens is 1. The fraction of sp³-hybridized carbons (Fsp3) is 0.174. The summed E-state index contributed by atoms with van der Waals surface area (Å²) in [4.78, 5) is 28.8. The fourth-order valence-corrected chi connectivity index (χ4v) is 4.18. The Labute approximate surface area is 191 Å². The molecule has 0 unspecified atom stereocenters. The van der Waals surface area contributed by atoms with Crippen molar-refractivity contribution >= 4 is 33.5 Å². The van der Waals surface area contributed by atoms with E-state index >= 15 is 0 Å². The second-order valence-corrected chi connectivity index (χ2v) is 8.58. The Kier molecular flexibility index (Phi) is 7.62. The van der Waals surface area contributed by atoms with Crippen molar-refractivity contribution in [2.24, 2.45) is 5.92 Å². The van der Waals surface area contributed by atoms with Crippen molar-refractivity contribution in [3.8, 4) is 0 Å². The Balaban J connectivity index is 1.89. The van der Waals surface area contributed by atoms with Crippen LogP contribution in [0.25, 0.3) is 0 Å². The fourth-order valence-electron chi connectivity index (χ4n) is 3.17. The van der Waals surface area contributed by atoms with Crippen LogP contribution in [0.2, 0.25) is 0 Å². The highest BCUT2D eigenvalue weighted by Gasteiger charge is 2.38. The van der Waals surface area contributed by atoms with E-state index < -0.39 is 33.9 Å². The van der Waals surface area contributed by atoms with Gasteiger partial charge in [-0.05, 0) is 42.0 Å². The lowest BCUT2D eigenvalue weighted by Gasteiger charge is -2.26. The first kappa shape index (κ1) is 23.7. The summed E-state index contributed by atoms with van der Waals surface area (Å²) in [5.74, 6) is -2.61. The number of benzene rings is 2. The molecule has 3 rings (SSSR count). The van der Waals surface area contributed by atoms with Crippen LogP contribution in [0, 0.1) is 5.92 Å². The lowest BCUT2D eigenvalue weighted by Crippen LogP contribution is -2.35. The topological polar surface area (TPSA) is 124 Å². The molecular formula is C23H23N3O6S. The van der Waals surface area contributed by atoms with Gasteiger partial charge in [0.1, 0.15) is 5.82 Å². The van der Waals surface area contributed by atoms with Gasteiger partial charge in [0.15, 0.2) is 5.92 Å². The Morgan fingerprint density at radius 2 is 1.45 bits per heavy atom. The number of pyridine rings is 1. The van der Waals surface area contributed by atoms with Crippen molar-refractivity contribution in [3.05, 3.63) is 84.6 Å². The average Bonchev–Trinajstić information content (AvgIpc) is 2.84. The number of carbonyl (C=O) groups is 2. The normalized spacial score (nSPS) is 12.0. The van der Waals surface area contributed by atoms with Crippen LogP contribution in [-0.2, 0) is 29.1 Å². The number of sulfonamides is 1. The van der Waals surface area contributed by atoms with Gasteiger partial charge >= 0.3 is 11.9 Å². The lowest BCUT2D eigenvalue weighted by atomic mass is 9.92. The van der Waals surface area contributed by atoms with Crippen LogP contribution < -0.4 is 10.0 Å². The first-order valence-electron chi connectivity index (χ1n) is 9.87. The van der Waals surface area contributed by atoms with Crippen molar-refractivity contribution in [1.29, 1.82) is 0 Å². The van der Waals surface area contributed by atoms with Gasteiger partial charge in [0.25, 0.3) is 10.0 Å². The summed E-state index contributed by atoms with van der Waals surface area (Å²) in [6.45, 7) is 0. The lowest BCUT2D eigenvalue weighted by molar-refractivity contribution is -0.159. The van der Waals surface area contributed by atoms with E-state index in [0.717, 1.165) is 0 Å². The predicted molar refractivity (Wildman–Crippen MR) is 122 cm³/mol. The Hall–Kier alpha value is -3.92. The van der Waals surface area contributed by atoms with Gasteiger partial charge in [-0.15, -0.1) is 0 Å². The third-order valence-electron chi connectivity index (χ3n) is 4.79. The van der Waals surface area contributed by atoms with Gasteiger partial charge in [-0.1, -0.05) is 36.4 Å². The van der Waals surface area contributed by atoms with Crippen LogP contribution in [0.5, 0.6) is 0 Å². The molecule has 2 N–H and O–H groups in total. The number of anilines is 2. The molecule has 0 fully saturated rings. The number of nitrogens with one attached hydrogen (secondary N) is 2. The Bertz CT molecular complexity index is 1170. The minimum atomic E-state index is -3.85. The molecule has 1 aromatic heterocycles. The van der Waals surface area contributed by atoms with Gasteiger partial charge in [0.05, 0.1) is 25.2 Å². The highest BCUT2D eigenvalue weighted by atomic mass is 32.2. The zero-order valence-electron chi connectivity index (χ0n) is 18.0. The Morgan fingerprint density at radius 1 is 0.848 bits per heavy atom. The van der Waals surface area contributed by atoms with Crippen LogP contribution >= 0.6 is 0 Å². The molecule has 0 saturated carbocycles.